The Morgan fingerprint density at radius 1 is 1.36 bits per heavy atom. The molecule has 0 amide bonds. The van der Waals surface area contributed by atoms with E-state index in [0.717, 1.165) is 15.0 Å². The van der Waals surface area contributed by atoms with Crippen molar-refractivity contribution in [2.45, 2.75) is 6.42 Å². The van der Waals surface area contributed by atoms with Crippen molar-refractivity contribution in [2.24, 2.45) is 5.73 Å². The van der Waals surface area contributed by atoms with E-state index in [1.165, 1.54) is 0 Å². The molecule has 72 valence electrons. The first-order chi connectivity index (χ1) is 6.81. The molecule has 2 N–H and O–H groups in total. The monoisotopic (exact) mass is 205 g/mol. The summed E-state index contributed by atoms with van der Waals surface area (Å²) in [7, 11) is 0. The van der Waals surface area contributed by atoms with Gasteiger partial charge in [-0.05, 0) is 24.1 Å². The first kappa shape index (κ1) is 9.37. The lowest BCUT2D eigenvalue weighted by Gasteiger charge is -1.91. The topological polar surface area (TPSA) is 43.1 Å². The molecule has 0 saturated carbocycles. The van der Waals surface area contributed by atoms with Crippen molar-refractivity contribution in [3.63, 3.8) is 0 Å². The molecule has 0 aliphatic rings. The van der Waals surface area contributed by atoms with Gasteiger partial charge in [0.2, 0.25) is 0 Å². The van der Waals surface area contributed by atoms with Crippen molar-refractivity contribution in [1.82, 2.24) is 0 Å². The Kier molecular flexibility index (Phi) is 2.61. The fourth-order valence-corrected chi connectivity index (χ4v) is 2.40. The second-order valence-corrected chi connectivity index (χ2v) is 4.19. The fourth-order valence-electron chi connectivity index (χ4n) is 1.37. The number of Topliss-reactive ketones (excluding diaryl/α,β-unsaturated/α-hetero) is 1. The Balaban J connectivity index is 2.40. The molecule has 0 bridgehead atoms. The lowest BCUT2D eigenvalue weighted by molar-refractivity contribution is 0.0989. The molecule has 0 unspecified atom stereocenters. The number of rotatable bonds is 3. The minimum Gasteiger partial charge on any atom is -0.330 e. The Morgan fingerprint density at radius 3 is 2.86 bits per heavy atom. The Bertz CT molecular complexity index is 428. The van der Waals surface area contributed by atoms with Gasteiger partial charge in [0.25, 0.3) is 0 Å². The summed E-state index contributed by atoms with van der Waals surface area (Å²) >= 11 is 1.54. The van der Waals surface area contributed by atoms with Gasteiger partial charge >= 0.3 is 0 Å². The van der Waals surface area contributed by atoms with Crippen molar-refractivity contribution in [3.8, 4) is 0 Å². The fraction of sp³-hybridized carbons (Fsp3) is 0.182. The van der Waals surface area contributed by atoms with Gasteiger partial charge in [0.15, 0.2) is 5.78 Å². The van der Waals surface area contributed by atoms with Crippen LogP contribution in [0.25, 0.3) is 10.1 Å². The average Bonchev–Trinajstić information content (AvgIpc) is 2.61. The molecule has 2 aromatic rings. The molecular weight excluding hydrogens is 194 g/mol. The van der Waals surface area contributed by atoms with E-state index >= 15 is 0 Å². The highest BCUT2D eigenvalue weighted by atomic mass is 32.1. The third kappa shape index (κ3) is 1.69. The molecule has 3 heteroatoms. The van der Waals surface area contributed by atoms with Crippen LogP contribution < -0.4 is 5.73 Å². The maximum Gasteiger partial charge on any atom is 0.174 e. The van der Waals surface area contributed by atoms with Gasteiger partial charge in [0.1, 0.15) is 0 Å². The van der Waals surface area contributed by atoms with Crippen molar-refractivity contribution in [2.75, 3.05) is 6.54 Å². The van der Waals surface area contributed by atoms with Crippen molar-refractivity contribution >= 4 is 27.2 Å². The van der Waals surface area contributed by atoms with Crippen LogP contribution in [0.5, 0.6) is 0 Å². The molecule has 0 saturated heterocycles. The third-order valence-electron chi connectivity index (χ3n) is 2.07. The predicted octanol–water partition coefficient (Wildman–Crippen LogP) is 2.43. The molecule has 1 aromatic heterocycles. The minimum absolute atomic E-state index is 0.147. The van der Waals surface area contributed by atoms with Crippen LogP contribution in [0.2, 0.25) is 0 Å². The van der Waals surface area contributed by atoms with E-state index in [1.807, 2.05) is 30.3 Å². The van der Waals surface area contributed by atoms with Crippen LogP contribution >= 0.6 is 11.3 Å². The summed E-state index contributed by atoms with van der Waals surface area (Å²) in [6.45, 7) is 0.424. The van der Waals surface area contributed by atoms with Gasteiger partial charge in [-0.15, -0.1) is 11.3 Å². The molecule has 0 radical (unpaired) electrons. The third-order valence-corrected chi connectivity index (χ3v) is 3.23. The van der Waals surface area contributed by atoms with Crippen LogP contribution in [0, 0.1) is 0 Å². The summed E-state index contributed by atoms with van der Waals surface area (Å²) in [5.74, 6) is 0.147. The van der Waals surface area contributed by atoms with Crippen LogP contribution in [-0.4, -0.2) is 12.3 Å². The lowest BCUT2D eigenvalue weighted by Crippen LogP contribution is -2.06. The molecule has 0 spiro atoms. The highest BCUT2D eigenvalue weighted by Crippen LogP contribution is 2.25. The molecule has 0 atom stereocenters. The molecule has 2 rings (SSSR count). The Hall–Kier alpha value is -1.19. The second kappa shape index (κ2) is 3.90. The van der Waals surface area contributed by atoms with Gasteiger partial charge in [-0.3, -0.25) is 4.79 Å². The largest absolute Gasteiger partial charge is 0.330 e. The summed E-state index contributed by atoms with van der Waals surface area (Å²) in [4.78, 5) is 12.4. The van der Waals surface area contributed by atoms with Gasteiger partial charge in [-0.25, -0.2) is 0 Å². The predicted molar refractivity (Wildman–Crippen MR) is 59.8 cm³/mol. The van der Waals surface area contributed by atoms with Crippen molar-refractivity contribution in [3.05, 3.63) is 35.2 Å². The van der Waals surface area contributed by atoms with Gasteiger partial charge in [0, 0.05) is 11.1 Å². The van der Waals surface area contributed by atoms with Crippen LogP contribution in [-0.2, 0) is 0 Å². The number of carbonyl (C=O) groups is 1. The summed E-state index contributed by atoms with van der Waals surface area (Å²) in [6.07, 6.45) is 0.437. The van der Waals surface area contributed by atoms with Crippen LogP contribution in [0.15, 0.2) is 30.3 Å². The molecule has 1 aromatic carbocycles. The van der Waals surface area contributed by atoms with E-state index in [-0.39, 0.29) is 5.78 Å². The maximum absolute atomic E-state index is 11.5. The van der Waals surface area contributed by atoms with E-state index < -0.39 is 0 Å². The molecule has 0 aliphatic heterocycles. The molecular formula is C11H11NOS. The van der Waals surface area contributed by atoms with E-state index in [4.69, 9.17) is 5.73 Å². The van der Waals surface area contributed by atoms with E-state index in [1.54, 1.807) is 11.3 Å². The highest BCUT2D eigenvalue weighted by Gasteiger charge is 2.08. The van der Waals surface area contributed by atoms with Crippen molar-refractivity contribution < 1.29 is 4.79 Å². The van der Waals surface area contributed by atoms with Gasteiger partial charge in [-0.2, -0.15) is 0 Å². The average molecular weight is 205 g/mol. The van der Waals surface area contributed by atoms with Crippen molar-refractivity contribution in [1.29, 1.82) is 0 Å². The van der Waals surface area contributed by atoms with Gasteiger partial charge in [-0.1, -0.05) is 18.2 Å². The van der Waals surface area contributed by atoms with Crippen LogP contribution in [0.3, 0.4) is 0 Å². The number of carbonyl (C=O) groups excluding carboxylic acids is 1. The molecule has 14 heavy (non-hydrogen) atoms. The zero-order valence-electron chi connectivity index (χ0n) is 7.69. The summed E-state index contributed by atoms with van der Waals surface area (Å²) < 4.78 is 1.16. The number of thiophene rings is 1. The lowest BCUT2D eigenvalue weighted by atomic mass is 10.2. The van der Waals surface area contributed by atoms with Gasteiger partial charge < -0.3 is 5.73 Å². The highest BCUT2D eigenvalue weighted by molar-refractivity contribution is 7.20. The van der Waals surface area contributed by atoms with Gasteiger partial charge in [0.05, 0.1) is 4.88 Å². The summed E-state index contributed by atoms with van der Waals surface area (Å²) in [6, 6.07) is 9.95. The number of nitrogens with two attached hydrogens (primary N) is 1. The quantitative estimate of drug-likeness (QED) is 0.782. The summed E-state index contributed by atoms with van der Waals surface area (Å²) in [5.41, 5.74) is 5.34. The number of hydrogen-bond donors (Lipinski definition) is 1. The Morgan fingerprint density at radius 2 is 2.14 bits per heavy atom. The van der Waals surface area contributed by atoms with E-state index in [2.05, 4.69) is 0 Å². The number of ketones is 1. The molecule has 0 fully saturated rings. The smallest absolute Gasteiger partial charge is 0.174 e. The van der Waals surface area contributed by atoms with E-state index in [9.17, 15) is 4.79 Å². The summed E-state index contributed by atoms with van der Waals surface area (Å²) in [5, 5.41) is 1.14. The molecule has 0 aliphatic carbocycles. The number of benzene rings is 1. The SMILES string of the molecule is NCCC(=O)c1cc2ccccc2s1. The zero-order chi connectivity index (χ0) is 9.97. The Labute approximate surface area is 86.3 Å². The first-order valence-corrected chi connectivity index (χ1v) is 5.35. The standard InChI is InChI=1S/C11H11NOS/c12-6-5-9(13)11-7-8-3-1-2-4-10(8)14-11/h1-4,7H,5-6,12H2. The second-order valence-electron chi connectivity index (χ2n) is 3.11. The maximum atomic E-state index is 11.5. The number of hydrogen-bond acceptors (Lipinski definition) is 3. The first-order valence-electron chi connectivity index (χ1n) is 4.53. The zero-order valence-corrected chi connectivity index (χ0v) is 8.51. The molecule has 1 heterocycles. The minimum atomic E-state index is 0.147. The van der Waals surface area contributed by atoms with Crippen LogP contribution in [0.4, 0.5) is 0 Å². The molecule has 2 nitrogen and oxygen atoms in total. The van der Waals surface area contributed by atoms with Crippen LogP contribution in [0.1, 0.15) is 16.1 Å². The normalized spacial score (nSPS) is 10.6. The number of fused-ring (bicyclic) bond motifs is 1. The van der Waals surface area contributed by atoms with E-state index in [0.29, 0.717) is 13.0 Å².